The Labute approximate surface area is 108 Å². The third kappa shape index (κ3) is 2.08. The highest BCUT2D eigenvalue weighted by molar-refractivity contribution is 6.00. The Morgan fingerprint density at radius 3 is 2.56 bits per heavy atom. The van der Waals surface area contributed by atoms with Crippen LogP contribution in [0.3, 0.4) is 0 Å². The number of nitrogens with zero attached hydrogens (tertiary/aromatic N) is 1. The Balaban J connectivity index is 2.52. The second-order valence-electron chi connectivity index (χ2n) is 5.08. The van der Waals surface area contributed by atoms with Crippen molar-refractivity contribution in [1.29, 1.82) is 0 Å². The molecule has 2 rings (SSSR count). The molecule has 0 saturated carbocycles. The maximum absolute atomic E-state index is 12.2. The maximum atomic E-state index is 12.2. The molecule has 0 radical (unpaired) electrons. The largest absolute Gasteiger partial charge is 0.479 e. The number of hydrogen-bond acceptors (Lipinski definition) is 3. The molecule has 1 heterocycles. The zero-order valence-corrected chi connectivity index (χ0v) is 11.3. The van der Waals surface area contributed by atoms with E-state index in [2.05, 4.69) is 0 Å². The van der Waals surface area contributed by atoms with Crippen LogP contribution in [0, 0.1) is 0 Å². The molecule has 1 aromatic carbocycles. The van der Waals surface area contributed by atoms with Crippen LogP contribution in [0.1, 0.15) is 39.3 Å². The van der Waals surface area contributed by atoms with E-state index in [1.807, 2.05) is 39.0 Å². The SMILES string of the molecule is CC1Oc2ccc(C(C)N)cc2N(C(C)C)C1=O. The van der Waals surface area contributed by atoms with Crippen LogP contribution in [-0.2, 0) is 4.79 Å². The molecule has 1 aromatic rings. The van der Waals surface area contributed by atoms with Crippen molar-refractivity contribution >= 4 is 11.6 Å². The van der Waals surface area contributed by atoms with Crippen LogP contribution in [0.25, 0.3) is 0 Å². The smallest absolute Gasteiger partial charge is 0.268 e. The lowest BCUT2D eigenvalue weighted by Crippen LogP contribution is -2.47. The summed E-state index contributed by atoms with van der Waals surface area (Å²) in [6.45, 7) is 7.70. The normalized spacial score (nSPS) is 20.7. The van der Waals surface area contributed by atoms with Gasteiger partial charge in [-0.2, -0.15) is 0 Å². The van der Waals surface area contributed by atoms with Gasteiger partial charge in [0.15, 0.2) is 6.10 Å². The summed E-state index contributed by atoms with van der Waals surface area (Å²) in [5.74, 6) is 0.750. The molecular formula is C14H20N2O2. The second kappa shape index (κ2) is 4.61. The Morgan fingerprint density at radius 1 is 1.33 bits per heavy atom. The number of amides is 1. The summed E-state index contributed by atoms with van der Waals surface area (Å²) in [7, 11) is 0. The molecular weight excluding hydrogens is 228 g/mol. The zero-order chi connectivity index (χ0) is 13.4. The first kappa shape index (κ1) is 12.9. The summed E-state index contributed by atoms with van der Waals surface area (Å²) in [6, 6.07) is 5.84. The van der Waals surface area contributed by atoms with Crippen molar-refractivity contribution in [2.75, 3.05) is 4.90 Å². The van der Waals surface area contributed by atoms with E-state index in [1.165, 1.54) is 0 Å². The third-order valence-electron chi connectivity index (χ3n) is 3.17. The van der Waals surface area contributed by atoms with Crippen LogP contribution >= 0.6 is 0 Å². The van der Waals surface area contributed by atoms with Crippen molar-refractivity contribution in [3.63, 3.8) is 0 Å². The van der Waals surface area contributed by atoms with Gasteiger partial charge in [0.2, 0.25) is 0 Å². The summed E-state index contributed by atoms with van der Waals surface area (Å²) < 4.78 is 5.63. The number of carbonyl (C=O) groups is 1. The van der Waals surface area contributed by atoms with Crippen LogP contribution in [0.15, 0.2) is 18.2 Å². The lowest BCUT2D eigenvalue weighted by molar-refractivity contribution is -0.125. The van der Waals surface area contributed by atoms with E-state index in [4.69, 9.17) is 10.5 Å². The van der Waals surface area contributed by atoms with Crippen LogP contribution in [0.2, 0.25) is 0 Å². The fourth-order valence-corrected chi connectivity index (χ4v) is 2.19. The van der Waals surface area contributed by atoms with Gasteiger partial charge in [0.05, 0.1) is 5.69 Å². The number of carbonyl (C=O) groups excluding carboxylic acids is 1. The zero-order valence-electron chi connectivity index (χ0n) is 11.3. The molecule has 2 unspecified atom stereocenters. The van der Waals surface area contributed by atoms with Gasteiger partial charge in [-0.3, -0.25) is 4.79 Å². The van der Waals surface area contributed by atoms with Crippen LogP contribution < -0.4 is 15.4 Å². The average Bonchev–Trinajstić information content (AvgIpc) is 2.29. The van der Waals surface area contributed by atoms with E-state index in [0.717, 1.165) is 17.0 Å². The molecule has 4 nitrogen and oxygen atoms in total. The van der Waals surface area contributed by atoms with Gasteiger partial charge < -0.3 is 15.4 Å². The van der Waals surface area contributed by atoms with E-state index in [9.17, 15) is 4.79 Å². The minimum absolute atomic E-state index is 0.000625. The number of hydrogen-bond donors (Lipinski definition) is 1. The van der Waals surface area contributed by atoms with E-state index in [1.54, 1.807) is 11.8 Å². The fraction of sp³-hybridized carbons (Fsp3) is 0.500. The molecule has 0 spiro atoms. The summed E-state index contributed by atoms with van der Waals surface area (Å²) in [4.78, 5) is 14.0. The molecule has 0 bridgehead atoms. The topological polar surface area (TPSA) is 55.6 Å². The van der Waals surface area contributed by atoms with Gasteiger partial charge in [-0.05, 0) is 45.4 Å². The van der Waals surface area contributed by atoms with E-state index in [-0.39, 0.29) is 18.0 Å². The van der Waals surface area contributed by atoms with Crippen molar-refractivity contribution in [2.24, 2.45) is 5.73 Å². The second-order valence-corrected chi connectivity index (χ2v) is 5.08. The predicted molar refractivity (Wildman–Crippen MR) is 71.8 cm³/mol. The van der Waals surface area contributed by atoms with Gasteiger partial charge in [0, 0.05) is 12.1 Å². The highest BCUT2D eigenvalue weighted by atomic mass is 16.5. The van der Waals surface area contributed by atoms with Gasteiger partial charge in [0.25, 0.3) is 5.91 Å². The quantitative estimate of drug-likeness (QED) is 0.873. The molecule has 0 saturated heterocycles. The Hall–Kier alpha value is -1.55. The first-order chi connectivity index (χ1) is 8.41. The van der Waals surface area contributed by atoms with Gasteiger partial charge in [-0.15, -0.1) is 0 Å². The van der Waals surface area contributed by atoms with Crippen molar-refractivity contribution in [1.82, 2.24) is 0 Å². The van der Waals surface area contributed by atoms with Crippen molar-refractivity contribution in [2.45, 2.75) is 45.9 Å². The standard InChI is InChI=1S/C14H20N2O2/c1-8(2)16-12-7-11(9(3)15)5-6-13(12)18-10(4)14(16)17/h5-10H,15H2,1-4H3. The Bertz CT molecular complexity index is 469. The molecule has 0 aromatic heterocycles. The number of anilines is 1. The minimum Gasteiger partial charge on any atom is -0.479 e. The summed E-state index contributed by atoms with van der Waals surface area (Å²) in [6.07, 6.45) is -0.430. The fourth-order valence-electron chi connectivity index (χ4n) is 2.19. The number of fused-ring (bicyclic) bond motifs is 1. The Kier molecular flexibility index (Phi) is 3.30. The van der Waals surface area contributed by atoms with E-state index < -0.39 is 6.10 Å². The van der Waals surface area contributed by atoms with Crippen molar-refractivity contribution in [3.8, 4) is 5.75 Å². The summed E-state index contributed by atoms with van der Waals surface area (Å²) in [5, 5.41) is 0. The first-order valence-corrected chi connectivity index (χ1v) is 6.31. The number of rotatable bonds is 2. The third-order valence-corrected chi connectivity index (χ3v) is 3.17. The maximum Gasteiger partial charge on any atom is 0.268 e. The van der Waals surface area contributed by atoms with Crippen LogP contribution in [-0.4, -0.2) is 18.1 Å². The van der Waals surface area contributed by atoms with Gasteiger partial charge in [-0.1, -0.05) is 6.07 Å². The first-order valence-electron chi connectivity index (χ1n) is 6.31. The predicted octanol–water partition coefficient (Wildman–Crippen LogP) is 2.23. The van der Waals surface area contributed by atoms with Crippen molar-refractivity contribution in [3.05, 3.63) is 23.8 Å². The van der Waals surface area contributed by atoms with Crippen LogP contribution in [0.5, 0.6) is 5.75 Å². The van der Waals surface area contributed by atoms with Crippen LogP contribution in [0.4, 0.5) is 5.69 Å². The highest BCUT2D eigenvalue weighted by Crippen LogP contribution is 2.36. The molecule has 4 heteroatoms. The summed E-state index contributed by atoms with van der Waals surface area (Å²) >= 11 is 0. The molecule has 0 fully saturated rings. The van der Waals surface area contributed by atoms with Gasteiger partial charge in [0.1, 0.15) is 5.75 Å². The summed E-state index contributed by atoms with van der Waals surface area (Å²) in [5.41, 5.74) is 7.71. The molecule has 1 amide bonds. The Morgan fingerprint density at radius 2 is 2.00 bits per heavy atom. The average molecular weight is 248 g/mol. The number of nitrogens with two attached hydrogens (primary N) is 1. The lowest BCUT2D eigenvalue weighted by Gasteiger charge is -2.36. The van der Waals surface area contributed by atoms with Crippen molar-refractivity contribution < 1.29 is 9.53 Å². The molecule has 18 heavy (non-hydrogen) atoms. The molecule has 1 aliphatic heterocycles. The number of benzene rings is 1. The van der Waals surface area contributed by atoms with E-state index >= 15 is 0 Å². The minimum atomic E-state index is -0.430. The number of ether oxygens (including phenoxy) is 1. The monoisotopic (exact) mass is 248 g/mol. The van der Waals surface area contributed by atoms with Gasteiger partial charge >= 0.3 is 0 Å². The van der Waals surface area contributed by atoms with Gasteiger partial charge in [-0.25, -0.2) is 0 Å². The molecule has 98 valence electrons. The van der Waals surface area contributed by atoms with E-state index in [0.29, 0.717) is 0 Å². The molecule has 2 N–H and O–H groups in total. The lowest BCUT2D eigenvalue weighted by atomic mass is 10.0. The highest BCUT2D eigenvalue weighted by Gasteiger charge is 2.33. The molecule has 0 aliphatic carbocycles. The molecule has 2 atom stereocenters. The molecule has 1 aliphatic rings.